The summed E-state index contributed by atoms with van der Waals surface area (Å²) >= 11 is 0. The molecule has 2 N–H and O–H groups in total. The van der Waals surface area contributed by atoms with Crippen LogP contribution >= 0.6 is 0 Å². The van der Waals surface area contributed by atoms with Crippen LogP contribution in [-0.4, -0.2) is 10.5 Å². The van der Waals surface area contributed by atoms with Crippen molar-refractivity contribution in [2.24, 2.45) is 0 Å². The third-order valence-corrected chi connectivity index (χ3v) is 3.49. The minimum absolute atomic E-state index is 0. The SMILES string of the molecule is Cc1ccc[c-]c1C(=O)n1c(C)cc2cc(N)ccc21.[Y]. The number of carbonyl (C=O) groups excluding carboxylic acids is 1. The molecule has 0 fully saturated rings. The first-order chi connectivity index (χ1) is 9.58. The number of nitrogens with zero attached hydrogens (tertiary/aromatic N) is 1. The van der Waals surface area contributed by atoms with Gasteiger partial charge in [0, 0.05) is 55.0 Å². The summed E-state index contributed by atoms with van der Waals surface area (Å²) in [5, 5.41) is 0.976. The Balaban J connectivity index is 0.00000161. The van der Waals surface area contributed by atoms with Crippen molar-refractivity contribution in [3.05, 3.63) is 65.4 Å². The smallest absolute Gasteiger partial charge is 0.176 e. The average molecular weight is 352 g/mol. The van der Waals surface area contributed by atoms with Gasteiger partial charge in [0.25, 0.3) is 0 Å². The zero-order valence-electron chi connectivity index (χ0n) is 12.1. The van der Waals surface area contributed by atoms with Crippen LogP contribution in [0.4, 0.5) is 5.69 Å². The van der Waals surface area contributed by atoms with Crippen LogP contribution in [0.5, 0.6) is 0 Å². The van der Waals surface area contributed by atoms with Crippen LogP contribution in [-0.2, 0) is 32.7 Å². The van der Waals surface area contributed by atoms with E-state index in [1.165, 1.54) is 0 Å². The fraction of sp³-hybridized carbons (Fsp3) is 0.118. The number of hydrogen-bond acceptors (Lipinski definition) is 2. The Kier molecular flexibility index (Phi) is 4.65. The van der Waals surface area contributed by atoms with Gasteiger partial charge in [0.15, 0.2) is 5.91 Å². The Hall–Kier alpha value is -1.45. The molecule has 4 heteroatoms. The maximum Gasteiger partial charge on any atom is 0.176 e. The maximum atomic E-state index is 12.7. The van der Waals surface area contributed by atoms with E-state index in [2.05, 4.69) is 6.07 Å². The van der Waals surface area contributed by atoms with Crippen LogP contribution in [0.15, 0.2) is 42.5 Å². The molecule has 21 heavy (non-hydrogen) atoms. The summed E-state index contributed by atoms with van der Waals surface area (Å²) in [6.07, 6.45) is 0. The van der Waals surface area contributed by atoms with E-state index in [9.17, 15) is 4.79 Å². The van der Waals surface area contributed by atoms with Crippen molar-refractivity contribution in [2.75, 3.05) is 5.73 Å². The van der Waals surface area contributed by atoms with Crippen LogP contribution in [0.25, 0.3) is 10.9 Å². The molecule has 3 aromatic rings. The second-order valence-corrected chi connectivity index (χ2v) is 4.97. The van der Waals surface area contributed by atoms with E-state index in [1.807, 2.05) is 50.2 Å². The summed E-state index contributed by atoms with van der Waals surface area (Å²) in [5.41, 5.74) is 9.79. The van der Waals surface area contributed by atoms with Gasteiger partial charge in [0.2, 0.25) is 0 Å². The minimum Gasteiger partial charge on any atom is -0.399 e. The van der Waals surface area contributed by atoms with E-state index in [0.717, 1.165) is 22.2 Å². The van der Waals surface area contributed by atoms with Gasteiger partial charge < -0.3 is 15.1 Å². The number of nitrogen functional groups attached to an aromatic ring is 1. The van der Waals surface area contributed by atoms with E-state index in [0.29, 0.717) is 11.3 Å². The summed E-state index contributed by atoms with van der Waals surface area (Å²) in [6.45, 7) is 3.84. The van der Waals surface area contributed by atoms with Crippen molar-refractivity contribution in [1.29, 1.82) is 0 Å². The molecule has 0 bridgehead atoms. The van der Waals surface area contributed by atoms with Crippen molar-refractivity contribution in [3.63, 3.8) is 0 Å². The minimum atomic E-state index is -0.0552. The molecule has 0 spiro atoms. The number of nitrogens with two attached hydrogens (primary N) is 1. The summed E-state index contributed by atoms with van der Waals surface area (Å²) in [6, 6.07) is 16.1. The number of anilines is 1. The van der Waals surface area contributed by atoms with Crippen LogP contribution in [0.2, 0.25) is 0 Å². The Morgan fingerprint density at radius 3 is 2.67 bits per heavy atom. The number of aromatic nitrogens is 1. The predicted octanol–water partition coefficient (Wildman–Crippen LogP) is 3.33. The first-order valence-corrected chi connectivity index (χ1v) is 6.47. The molecule has 0 saturated heterocycles. The van der Waals surface area contributed by atoms with Crippen molar-refractivity contribution in [1.82, 2.24) is 4.57 Å². The second-order valence-electron chi connectivity index (χ2n) is 4.97. The van der Waals surface area contributed by atoms with E-state index in [1.54, 1.807) is 10.6 Å². The molecule has 3 rings (SSSR count). The number of carbonyl (C=O) groups is 1. The summed E-state index contributed by atoms with van der Waals surface area (Å²) in [4.78, 5) is 12.7. The number of aryl methyl sites for hydroxylation is 2. The van der Waals surface area contributed by atoms with Crippen LogP contribution < -0.4 is 5.73 Å². The quantitative estimate of drug-likeness (QED) is 0.540. The van der Waals surface area contributed by atoms with E-state index in [4.69, 9.17) is 5.73 Å². The molecule has 1 heterocycles. The fourth-order valence-electron chi connectivity index (χ4n) is 2.50. The first kappa shape index (κ1) is 15.9. The van der Waals surface area contributed by atoms with Gasteiger partial charge in [-0.15, -0.1) is 29.8 Å². The molecule has 0 amide bonds. The molecule has 1 radical (unpaired) electrons. The third-order valence-electron chi connectivity index (χ3n) is 3.49. The van der Waals surface area contributed by atoms with E-state index < -0.39 is 0 Å². The summed E-state index contributed by atoms with van der Waals surface area (Å²) < 4.78 is 1.72. The average Bonchev–Trinajstić information content (AvgIpc) is 2.73. The predicted molar refractivity (Wildman–Crippen MR) is 80.8 cm³/mol. The van der Waals surface area contributed by atoms with Crippen LogP contribution in [0.1, 0.15) is 21.6 Å². The van der Waals surface area contributed by atoms with Crippen molar-refractivity contribution < 1.29 is 37.5 Å². The van der Waals surface area contributed by atoms with Gasteiger partial charge in [0.05, 0.1) is 0 Å². The number of fused-ring (bicyclic) bond motifs is 1. The molecule has 0 aliphatic carbocycles. The Bertz CT molecular complexity index is 821. The zero-order chi connectivity index (χ0) is 14.3. The Labute approximate surface area is 149 Å². The molecule has 103 valence electrons. The zero-order valence-corrected chi connectivity index (χ0v) is 14.9. The second kappa shape index (κ2) is 6.12. The molecular formula is C17H15N2OY-. The van der Waals surface area contributed by atoms with Crippen LogP contribution in [0.3, 0.4) is 0 Å². The molecule has 0 atom stereocenters. The van der Waals surface area contributed by atoms with Crippen molar-refractivity contribution in [2.45, 2.75) is 13.8 Å². The van der Waals surface area contributed by atoms with Gasteiger partial charge >= 0.3 is 0 Å². The maximum absolute atomic E-state index is 12.7. The largest absolute Gasteiger partial charge is 0.399 e. The molecular weight excluding hydrogens is 337 g/mol. The van der Waals surface area contributed by atoms with Gasteiger partial charge in [-0.25, -0.2) is 0 Å². The molecule has 1 aromatic heterocycles. The van der Waals surface area contributed by atoms with Gasteiger partial charge in [-0.2, -0.15) is 0 Å². The Morgan fingerprint density at radius 1 is 1.19 bits per heavy atom. The monoisotopic (exact) mass is 352 g/mol. The molecule has 2 aromatic carbocycles. The molecule has 0 aliphatic heterocycles. The van der Waals surface area contributed by atoms with Gasteiger partial charge in [-0.1, -0.05) is 12.5 Å². The number of hydrogen-bond donors (Lipinski definition) is 1. The third kappa shape index (κ3) is 2.81. The molecule has 0 saturated carbocycles. The van der Waals surface area contributed by atoms with Gasteiger partial charge in [0.1, 0.15) is 0 Å². The van der Waals surface area contributed by atoms with Gasteiger partial charge in [-0.3, -0.25) is 0 Å². The van der Waals surface area contributed by atoms with Gasteiger partial charge in [-0.05, 0) is 31.2 Å². The molecule has 3 nitrogen and oxygen atoms in total. The fourth-order valence-corrected chi connectivity index (χ4v) is 2.50. The summed E-state index contributed by atoms with van der Waals surface area (Å²) in [7, 11) is 0. The van der Waals surface area contributed by atoms with Crippen molar-refractivity contribution >= 4 is 22.5 Å². The normalized spacial score (nSPS) is 10.4. The summed E-state index contributed by atoms with van der Waals surface area (Å²) in [5.74, 6) is -0.0552. The molecule has 0 aliphatic rings. The molecule has 0 unspecified atom stereocenters. The topological polar surface area (TPSA) is 48.0 Å². The Morgan fingerprint density at radius 2 is 1.95 bits per heavy atom. The number of rotatable bonds is 1. The standard InChI is InChI=1S/C17H15N2O.Y/c1-11-5-3-4-6-15(11)17(20)19-12(2)9-13-10-14(18)7-8-16(13)19;/h3-5,7-10H,18H2,1-2H3;/q-1;. The van der Waals surface area contributed by atoms with Crippen LogP contribution in [0, 0.1) is 19.9 Å². The van der Waals surface area contributed by atoms with E-state index >= 15 is 0 Å². The number of benzene rings is 2. The van der Waals surface area contributed by atoms with E-state index in [-0.39, 0.29) is 38.6 Å². The van der Waals surface area contributed by atoms with Crippen molar-refractivity contribution in [3.8, 4) is 0 Å². The first-order valence-electron chi connectivity index (χ1n) is 6.47.